The Labute approximate surface area is 188 Å². The highest BCUT2D eigenvalue weighted by molar-refractivity contribution is 9.10. The van der Waals surface area contributed by atoms with Gasteiger partial charge in [-0.05, 0) is 114 Å². The molecule has 0 aliphatic heterocycles. The van der Waals surface area contributed by atoms with E-state index in [0.29, 0.717) is 16.1 Å². The molecule has 3 aromatic rings. The maximum absolute atomic E-state index is 13.8. The van der Waals surface area contributed by atoms with Gasteiger partial charge in [0, 0.05) is 23.2 Å². The van der Waals surface area contributed by atoms with Gasteiger partial charge in [-0.3, -0.25) is 9.78 Å². The van der Waals surface area contributed by atoms with Gasteiger partial charge in [0.15, 0.2) is 0 Å². The molecule has 5 rings (SSSR count). The zero-order valence-electron chi connectivity index (χ0n) is 17.0. The van der Waals surface area contributed by atoms with E-state index < -0.39 is 0 Å². The predicted molar refractivity (Wildman–Crippen MR) is 121 cm³/mol. The van der Waals surface area contributed by atoms with Crippen molar-refractivity contribution in [2.75, 3.05) is 5.32 Å². The van der Waals surface area contributed by atoms with E-state index in [-0.39, 0.29) is 28.9 Å². The third kappa shape index (κ3) is 3.98. The summed E-state index contributed by atoms with van der Waals surface area (Å²) in [5.74, 6) is -0.252. The molecule has 2 aliphatic carbocycles. The number of carbonyl (C=O) groups is 1. The van der Waals surface area contributed by atoms with Gasteiger partial charge in [-0.2, -0.15) is 0 Å². The fraction of sp³-hybridized carbons (Fsp3) is 0.360. The first-order valence-corrected chi connectivity index (χ1v) is 11.5. The molecule has 1 spiro atoms. The Morgan fingerprint density at radius 1 is 1.06 bits per heavy atom. The number of fused-ring (bicyclic) bond motifs is 1. The Balaban J connectivity index is 1.21. The van der Waals surface area contributed by atoms with E-state index in [0.717, 1.165) is 49.4 Å². The Morgan fingerprint density at radius 3 is 2.58 bits per heavy atom. The summed E-state index contributed by atoms with van der Waals surface area (Å²) in [7, 11) is 0. The molecule has 0 atom stereocenters. The summed E-state index contributed by atoms with van der Waals surface area (Å²) in [6.07, 6.45) is 7.83. The van der Waals surface area contributed by atoms with Crippen LogP contribution in [0.5, 0.6) is 0 Å². The first-order chi connectivity index (χ1) is 14.9. The number of aromatic nitrogens is 1. The first kappa shape index (κ1) is 20.6. The van der Waals surface area contributed by atoms with Crippen molar-refractivity contribution in [2.45, 2.75) is 44.4 Å². The summed E-state index contributed by atoms with van der Waals surface area (Å²) in [5.41, 5.74) is 2.75. The Hall–Kier alpha value is -2.34. The van der Waals surface area contributed by atoms with Crippen LogP contribution in [0.15, 0.2) is 53.1 Å². The van der Waals surface area contributed by atoms with E-state index in [2.05, 4.69) is 26.2 Å². The zero-order chi connectivity index (χ0) is 21.6. The number of benzene rings is 2. The lowest BCUT2D eigenvalue weighted by Crippen LogP contribution is -2.45. The molecule has 1 aromatic heterocycles. The third-order valence-corrected chi connectivity index (χ3v) is 7.78. The van der Waals surface area contributed by atoms with Crippen molar-refractivity contribution in [3.63, 3.8) is 0 Å². The van der Waals surface area contributed by atoms with Crippen molar-refractivity contribution < 1.29 is 13.6 Å². The molecule has 1 N–H and O–H groups in total. The van der Waals surface area contributed by atoms with Crippen molar-refractivity contribution in [3.05, 3.63) is 70.3 Å². The number of amides is 1. The van der Waals surface area contributed by atoms with Crippen molar-refractivity contribution >= 4 is 38.4 Å². The van der Waals surface area contributed by atoms with Gasteiger partial charge in [0.25, 0.3) is 0 Å². The van der Waals surface area contributed by atoms with Crippen LogP contribution in [0.25, 0.3) is 10.9 Å². The molecule has 31 heavy (non-hydrogen) atoms. The monoisotopic (exact) mass is 484 g/mol. The Bertz CT molecular complexity index is 1150. The van der Waals surface area contributed by atoms with E-state index in [1.165, 1.54) is 17.7 Å². The number of pyridine rings is 1. The molecular formula is C25H23BrF2N2O. The predicted octanol–water partition coefficient (Wildman–Crippen LogP) is 6.97. The minimum atomic E-state index is -0.385. The van der Waals surface area contributed by atoms with E-state index in [4.69, 9.17) is 0 Å². The van der Waals surface area contributed by atoms with Gasteiger partial charge in [-0.1, -0.05) is 0 Å². The molecule has 2 fully saturated rings. The van der Waals surface area contributed by atoms with E-state index in [1.807, 2.05) is 12.3 Å². The number of hydrogen-bond acceptors (Lipinski definition) is 2. The average Bonchev–Trinajstić information content (AvgIpc) is 2.74. The molecule has 0 bridgehead atoms. The summed E-state index contributed by atoms with van der Waals surface area (Å²) in [6.45, 7) is 0. The normalized spacial score (nSPS) is 25.4. The van der Waals surface area contributed by atoms with Crippen LogP contribution in [0, 0.1) is 23.0 Å². The third-order valence-electron chi connectivity index (χ3n) is 7.14. The second kappa shape index (κ2) is 7.97. The van der Waals surface area contributed by atoms with Crippen LogP contribution in [0.3, 0.4) is 0 Å². The van der Waals surface area contributed by atoms with Crippen LogP contribution in [0.2, 0.25) is 0 Å². The summed E-state index contributed by atoms with van der Waals surface area (Å²) in [6, 6.07) is 11.5. The highest BCUT2D eigenvalue weighted by Gasteiger charge is 2.48. The van der Waals surface area contributed by atoms with Crippen LogP contribution < -0.4 is 5.32 Å². The molecule has 0 unspecified atom stereocenters. The van der Waals surface area contributed by atoms with Crippen LogP contribution in [0.1, 0.15) is 50.0 Å². The summed E-state index contributed by atoms with van der Waals surface area (Å²) >= 11 is 3.13. The molecule has 3 nitrogen and oxygen atoms in total. The molecule has 2 aromatic carbocycles. The molecular weight excluding hydrogens is 462 g/mol. The molecule has 2 aliphatic rings. The largest absolute Gasteiger partial charge is 0.326 e. The number of carbonyl (C=O) groups excluding carboxylic acids is 1. The lowest BCUT2D eigenvalue weighted by molar-refractivity contribution is -0.128. The Morgan fingerprint density at radius 2 is 1.84 bits per heavy atom. The smallest absolute Gasteiger partial charge is 0.227 e. The molecule has 1 amide bonds. The maximum atomic E-state index is 13.8. The van der Waals surface area contributed by atoms with Crippen LogP contribution in [-0.4, -0.2) is 10.9 Å². The number of rotatable bonds is 3. The second-order valence-electron chi connectivity index (χ2n) is 9.06. The highest BCUT2D eigenvalue weighted by atomic mass is 79.9. The van der Waals surface area contributed by atoms with E-state index >= 15 is 0 Å². The van der Waals surface area contributed by atoms with Crippen LogP contribution >= 0.6 is 15.9 Å². The topological polar surface area (TPSA) is 42.0 Å². The average molecular weight is 485 g/mol. The molecule has 1 heterocycles. The molecule has 6 heteroatoms. The van der Waals surface area contributed by atoms with Gasteiger partial charge in [0.2, 0.25) is 5.91 Å². The zero-order valence-corrected chi connectivity index (χ0v) is 18.6. The first-order valence-electron chi connectivity index (χ1n) is 10.7. The van der Waals surface area contributed by atoms with Crippen LogP contribution in [-0.2, 0) is 4.79 Å². The van der Waals surface area contributed by atoms with Crippen molar-refractivity contribution in [3.8, 4) is 0 Å². The van der Waals surface area contributed by atoms with Gasteiger partial charge in [0.05, 0.1) is 9.99 Å². The van der Waals surface area contributed by atoms with Crippen molar-refractivity contribution in [1.29, 1.82) is 0 Å². The SMILES string of the molecule is O=C(Nc1ccc(Br)c(F)c1)C1CC2(CCC(c3ccnc4ccc(F)cc34)CC2)C1. The molecule has 0 saturated heterocycles. The van der Waals surface area contributed by atoms with Gasteiger partial charge < -0.3 is 5.32 Å². The van der Waals surface area contributed by atoms with E-state index in [9.17, 15) is 13.6 Å². The number of anilines is 1. The molecule has 0 radical (unpaired) electrons. The van der Waals surface area contributed by atoms with Gasteiger partial charge in [-0.15, -0.1) is 0 Å². The molecule has 2 saturated carbocycles. The second-order valence-corrected chi connectivity index (χ2v) is 9.91. The van der Waals surface area contributed by atoms with Crippen LogP contribution in [0.4, 0.5) is 14.5 Å². The minimum absolute atomic E-state index is 0.0147. The summed E-state index contributed by atoms with van der Waals surface area (Å²) < 4.78 is 27.9. The quantitative estimate of drug-likeness (QED) is 0.436. The lowest BCUT2D eigenvalue weighted by atomic mass is 9.54. The van der Waals surface area contributed by atoms with Gasteiger partial charge in [0.1, 0.15) is 11.6 Å². The van der Waals surface area contributed by atoms with Crippen molar-refractivity contribution in [2.24, 2.45) is 11.3 Å². The number of nitrogens with one attached hydrogen (secondary N) is 1. The fourth-order valence-corrected chi connectivity index (χ4v) is 5.68. The van der Waals surface area contributed by atoms with E-state index in [1.54, 1.807) is 24.3 Å². The Kier molecular flexibility index (Phi) is 5.29. The number of hydrogen-bond donors (Lipinski definition) is 1. The standard InChI is InChI=1S/C25H23BrF2N2O/c26-21-3-2-18(12-22(21)28)30-24(31)16-13-25(14-16)8-5-15(6-9-25)19-7-10-29-23-4-1-17(27)11-20(19)23/h1-4,7,10-12,15-16H,5-6,8-9,13-14H2,(H,30,31). The molecule has 160 valence electrons. The number of nitrogens with zero attached hydrogens (tertiary/aromatic N) is 1. The van der Waals surface area contributed by atoms with Gasteiger partial charge in [-0.25, -0.2) is 8.78 Å². The summed E-state index contributed by atoms with van der Waals surface area (Å²) in [4.78, 5) is 17.0. The summed E-state index contributed by atoms with van der Waals surface area (Å²) in [5, 5.41) is 3.76. The highest BCUT2D eigenvalue weighted by Crippen LogP contribution is 2.57. The fourth-order valence-electron chi connectivity index (χ4n) is 5.43. The van der Waals surface area contributed by atoms with Crippen molar-refractivity contribution in [1.82, 2.24) is 4.98 Å². The minimum Gasteiger partial charge on any atom is -0.326 e. The maximum Gasteiger partial charge on any atom is 0.227 e. The number of halogens is 3. The lowest BCUT2D eigenvalue weighted by Gasteiger charge is -2.51. The van der Waals surface area contributed by atoms with Gasteiger partial charge >= 0.3 is 0 Å².